The number of fused-ring (bicyclic) bond motifs is 1. The number of aliphatic hydroxyl groups is 3. The zero-order chi connectivity index (χ0) is 19.2. The van der Waals surface area contributed by atoms with Gasteiger partial charge in [-0.15, -0.1) is 11.3 Å². The first-order valence-corrected chi connectivity index (χ1v) is 11.4. The summed E-state index contributed by atoms with van der Waals surface area (Å²) >= 11 is 1.56. The summed E-state index contributed by atoms with van der Waals surface area (Å²) in [7, 11) is 0. The van der Waals surface area contributed by atoms with Crippen LogP contribution in [0.1, 0.15) is 56.9 Å². The first-order valence-electron chi connectivity index (χ1n) is 10.6. The molecule has 0 bridgehead atoms. The van der Waals surface area contributed by atoms with E-state index in [1.165, 1.54) is 0 Å². The molecule has 1 aromatic heterocycles. The van der Waals surface area contributed by atoms with Crippen LogP contribution >= 0.6 is 11.3 Å². The van der Waals surface area contributed by atoms with Crippen molar-refractivity contribution < 1.29 is 15.3 Å². The van der Waals surface area contributed by atoms with Gasteiger partial charge in [0, 0.05) is 18.2 Å². The van der Waals surface area contributed by atoms with Crippen molar-refractivity contribution in [3.63, 3.8) is 0 Å². The first-order chi connectivity index (χ1) is 12.9. The van der Waals surface area contributed by atoms with Gasteiger partial charge >= 0.3 is 0 Å². The summed E-state index contributed by atoms with van der Waals surface area (Å²) in [4.78, 5) is 4.44. The Morgan fingerprint density at radius 2 is 2.00 bits per heavy atom. The standard InChI is InChI=1S/C21H34N2O3S/c1-20(6-4-14(25)10-13(20)12-24)17-2-3-18-15(16(17)11-22)5-7-21(18,26)19-23-8-9-27-19/h8-9,13-18,24-26H,2-7,10-12,22H2,1H3/t13-,14+,15+,16+,17+,18+,20+,21+/m1/s1. The number of hydrogen-bond acceptors (Lipinski definition) is 6. The van der Waals surface area contributed by atoms with Crippen molar-refractivity contribution in [3.05, 3.63) is 16.6 Å². The number of rotatable bonds is 4. The highest BCUT2D eigenvalue weighted by molar-refractivity contribution is 7.09. The number of aliphatic hydroxyl groups excluding tert-OH is 2. The maximum atomic E-state index is 11.5. The van der Waals surface area contributed by atoms with E-state index in [1.54, 1.807) is 17.5 Å². The molecule has 5 nitrogen and oxygen atoms in total. The van der Waals surface area contributed by atoms with Crippen molar-refractivity contribution in [2.24, 2.45) is 40.7 Å². The van der Waals surface area contributed by atoms with Gasteiger partial charge < -0.3 is 21.1 Å². The van der Waals surface area contributed by atoms with E-state index in [0.717, 1.165) is 43.5 Å². The van der Waals surface area contributed by atoms with Crippen LogP contribution in [0, 0.1) is 35.0 Å². The number of nitrogens with zero attached hydrogens (tertiary/aromatic N) is 1. The zero-order valence-corrected chi connectivity index (χ0v) is 17.1. The molecule has 6 heteroatoms. The van der Waals surface area contributed by atoms with Gasteiger partial charge in [-0.1, -0.05) is 6.92 Å². The van der Waals surface area contributed by atoms with Crippen LogP contribution in [0.3, 0.4) is 0 Å². The quantitative estimate of drug-likeness (QED) is 0.629. The van der Waals surface area contributed by atoms with Crippen molar-refractivity contribution in [3.8, 4) is 0 Å². The van der Waals surface area contributed by atoms with Gasteiger partial charge in [-0.25, -0.2) is 4.98 Å². The molecule has 152 valence electrons. The van der Waals surface area contributed by atoms with Crippen LogP contribution in [0.4, 0.5) is 0 Å². The van der Waals surface area contributed by atoms with Crippen molar-refractivity contribution in [2.75, 3.05) is 13.2 Å². The molecule has 3 aliphatic carbocycles. The molecule has 0 amide bonds. The third-order valence-corrected chi connectivity index (χ3v) is 9.43. The molecule has 1 heterocycles. The van der Waals surface area contributed by atoms with Gasteiger partial charge in [0.05, 0.1) is 6.10 Å². The van der Waals surface area contributed by atoms with Crippen LogP contribution < -0.4 is 5.73 Å². The van der Waals surface area contributed by atoms with E-state index in [9.17, 15) is 15.3 Å². The van der Waals surface area contributed by atoms with Crippen LogP contribution in [0.15, 0.2) is 11.6 Å². The molecule has 0 aliphatic heterocycles. The van der Waals surface area contributed by atoms with Crippen molar-refractivity contribution in [1.29, 1.82) is 0 Å². The lowest BCUT2D eigenvalue weighted by atomic mass is 9.51. The van der Waals surface area contributed by atoms with Crippen LogP contribution in [0.2, 0.25) is 0 Å². The highest BCUT2D eigenvalue weighted by Gasteiger charge is 2.58. The number of aromatic nitrogens is 1. The second-order valence-electron chi connectivity index (χ2n) is 9.47. The lowest BCUT2D eigenvalue weighted by Crippen LogP contribution is -2.52. The van der Waals surface area contributed by atoms with Gasteiger partial charge in [0.1, 0.15) is 10.6 Å². The maximum Gasteiger partial charge on any atom is 0.125 e. The minimum Gasteiger partial charge on any atom is -0.396 e. The van der Waals surface area contributed by atoms with Crippen molar-refractivity contribution in [1.82, 2.24) is 4.98 Å². The summed E-state index contributed by atoms with van der Waals surface area (Å²) in [5, 5.41) is 34.5. The van der Waals surface area contributed by atoms with Crippen LogP contribution in [-0.2, 0) is 5.60 Å². The fraction of sp³-hybridized carbons (Fsp3) is 0.857. The van der Waals surface area contributed by atoms with Gasteiger partial charge in [0.25, 0.3) is 0 Å². The molecule has 3 fully saturated rings. The average molecular weight is 395 g/mol. The van der Waals surface area contributed by atoms with Crippen molar-refractivity contribution in [2.45, 2.75) is 63.6 Å². The lowest BCUT2D eigenvalue weighted by molar-refractivity contribution is -0.104. The molecule has 0 saturated heterocycles. The molecule has 3 saturated carbocycles. The van der Waals surface area contributed by atoms with Gasteiger partial charge in [-0.05, 0) is 86.5 Å². The Morgan fingerprint density at radius 3 is 2.67 bits per heavy atom. The molecule has 8 atom stereocenters. The fourth-order valence-electron chi connectivity index (χ4n) is 6.99. The zero-order valence-electron chi connectivity index (χ0n) is 16.3. The Kier molecular flexibility index (Phi) is 5.40. The molecule has 1 aromatic rings. The molecule has 0 spiro atoms. The molecule has 0 aromatic carbocycles. The predicted molar refractivity (Wildman–Crippen MR) is 106 cm³/mol. The summed E-state index contributed by atoms with van der Waals surface area (Å²) in [6.07, 6.45) is 7.78. The predicted octanol–water partition coefficient (Wildman–Crippen LogP) is 2.50. The molecule has 0 unspecified atom stereocenters. The minimum absolute atomic E-state index is 0.0187. The van der Waals surface area contributed by atoms with E-state index in [1.807, 2.05) is 5.38 Å². The van der Waals surface area contributed by atoms with Crippen LogP contribution in [-0.4, -0.2) is 39.6 Å². The molecule has 3 aliphatic rings. The molecule has 27 heavy (non-hydrogen) atoms. The molecular weight excluding hydrogens is 360 g/mol. The SMILES string of the molecule is C[C@]1([C@H]2CC[C@H]3[C@@H](CC[C@@]3(O)c3nccs3)[C@@H]2CN)CC[C@H](O)C[C@@H]1CO. The highest BCUT2D eigenvalue weighted by Crippen LogP contribution is 2.61. The number of hydrogen-bond donors (Lipinski definition) is 4. The topological polar surface area (TPSA) is 99.6 Å². The summed E-state index contributed by atoms with van der Waals surface area (Å²) in [5.41, 5.74) is 5.55. The van der Waals surface area contributed by atoms with Gasteiger partial charge in [0.15, 0.2) is 0 Å². The van der Waals surface area contributed by atoms with E-state index in [0.29, 0.717) is 30.7 Å². The molecule has 4 rings (SSSR count). The van der Waals surface area contributed by atoms with Gasteiger partial charge in [-0.2, -0.15) is 0 Å². The average Bonchev–Trinajstić information content (AvgIpc) is 3.32. The summed E-state index contributed by atoms with van der Waals surface area (Å²) in [5.74, 6) is 1.61. The third kappa shape index (κ3) is 3.08. The first kappa shape index (κ1) is 19.8. The number of nitrogens with two attached hydrogens (primary N) is 1. The summed E-state index contributed by atoms with van der Waals surface area (Å²) < 4.78 is 0. The summed E-state index contributed by atoms with van der Waals surface area (Å²) in [6.45, 7) is 3.09. The van der Waals surface area contributed by atoms with E-state index in [-0.39, 0.29) is 30.0 Å². The Hall–Kier alpha value is -0.530. The largest absolute Gasteiger partial charge is 0.396 e. The van der Waals surface area contributed by atoms with Gasteiger partial charge in [0.2, 0.25) is 0 Å². The Morgan fingerprint density at radius 1 is 1.22 bits per heavy atom. The van der Waals surface area contributed by atoms with E-state index in [2.05, 4.69) is 11.9 Å². The molecule has 0 radical (unpaired) electrons. The number of thiazole rings is 1. The monoisotopic (exact) mass is 394 g/mol. The second-order valence-corrected chi connectivity index (χ2v) is 10.4. The van der Waals surface area contributed by atoms with Crippen LogP contribution in [0.5, 0.6) is 0 Å². The Bertz CT molecular complexity index is 641. The van der Waals surface area contributed by atoms with Crippen molar-refractivity contribution >= 4 is 11.3 Å². The fourth-order valence-corrected chi connectivity index (χ4v) is 7.82. The van der Waals surface area contributed by atoms with Gasteiger partial charge in [-0.3, -0.25) is 0 Å². The van der Waals surface area contributed by atoms with Crippen LogP contribution in [0.25, 0.3) is 0 Å². The smallest absolute Gasteiger partial charge is 0.125 e. The molecule has 5 N–H and O–H groups in total. The minimum atomic E-state index is -0.794. The normalized spacial score (nSPS) is 47.7. The maximum absolute atomic E-state index is 11.5. The lowest BCUT2D eigenvalue weighted by Gasteiger charge is -2.54. The van der Waals surface area contributed by atoms with E-state index < -0.39 is 5.60 Å². The highest BCUT2D eigenvalue weighted by atomic mass is 32.1. The summed E-state index contributed by atoms with van der Waals surface area (Å²) in [6, 6.07) is 0. The molecular formula is C21H34N2O3S. The second kappa shape index (κ2) is 7.38. The van der Waals surface area contributed by atoms with E-state index >= 15 is 0 Å². The Labute approximate surface area is 166 Å². The third-order valence-electron chi connectivity index (χ3n) is 8.49. The van der Waals surface area contributed by atoms with E-state index in [4.69, 9.17) is 5.73 Å². The Balaban J connectivity index is 1.60.